The Bertz CT molecular complexity index is 575. The average molecular weight is 336 g/mol. The largest absolute Gasteiger partial charge is 0.444 e. The van der Waals surface area contributed by atoms with Crippen molar-refractivity contribution < 1.29 is 19.1 Å². The molecule has 0 aromatic rings. The number of fused-ring (bicyclic) bond motifs is 1. The zero-order chi connectivity index (χ0) is 17.5. The third-order valence-corrected chi connectivity index (χ3v) is 4.46. The van der Waals surface area contributed by atoms with Crippen molar-refractivity contribution in [2.75, 3.05) is 26.4 Å². The highest BCUT2D eigenvalue weighted by Crippen LogP contribution is 2.29. The maximum atomic E-state index is 12.5. The first-order chi connectivity index (χ1) is 11.3. The van der Waals surface area contributed by atoms with Crippen molar-refractivity contribution in [1.29, 1.82) is 0 Å². The molecule has 0 bridgehead atoms. The molecule has 0 spiro atoms. The highest BCUT2D eigenvalue weighted by Gasteiger charge is 2.41. The molecule has 8 heteroatoms. The van der Waals surface area contributed by atoms with E-state index in [9.17, 15) is 14.4 Å². The molecule has 3 aliphatic heterocycles. The van der Waals surface area contributed by atoms with Gasteiger partial charge in [0.15, 0.2) is 0 Å². The molecule has 3 amide bonds. The Morgan fingerprint density at radius 1 is 1.25 bits per heavy atom. The Balaban J connectivity index is 1.56. The van der Waals surface area contributed by atoms with E-state index < -0.39 is 5.60 Å². The quantitative estimate of drug-likeness (QED) is 0.696. The van der Waals surface area contributed by atoms with E-state index >= 15 is 0 Å². The summed E-state index contributed by atoms with van der Waals surface area (Å²) in [7, 11) is 0. The standard InChI is InChI=1S/C16H24N4O4/c1-16(2,3)24-15(23)18-6-4-12(5-7-18)20-10-19-9-17(11-21)8-13(19)14(20)22/h8,11-12H,4-7,9-10H2,1-3H3. The molecular weight excluding hydrogens is 312 g/mol. The molecule has 132 valence electrons. The van der Waals surface area contributed by atoms with E-state index in [1.807, 2.05) is 30.6 Å². The van der Waals surface area contributed by atoms with Gasteiger partial charge in [-0.05, 0) is 33.6 Å². The van der Waals surface area contributed by atoms with Crippen LogP contribution in [0.3, 0.4) is 0 Å². The summed E-state index contributed by atoms with van der Waals surface area (Å²) in [6.45, 7) is 7.66. The maximum absolute atomic E-state index is 12.5. The van der Waals surface area contributed by atoms with E-state index in [0.717, 1.165) is 19.3 Å². The number of rotatable bonds is 2. The van der Waals surface area contributed by atoms with Crippen LogP contribution >= 0.6 is 0 Å². The number of nitrogens with zero attached hydrogens (tertiary/aromatic N) is 4. The molecule has 8 nitrogen and oxygen atoms in total. The zero-order valence-electron chi connectivity index (χ0n) is 14.4. The predicted molar refractivity (Wildman–Crippen MR) is 85.2 cm³/mol. The number of carbonyl (C=O) groups is 3. The van der Waals surface area contributed by atoms with Crippen molar-refractivity contribution >= 4 is 18.4 Å². The van der Waals surface area contributed by atoms with Crippen LogP contribution in [-0.4, -0.2) is 76.1 Å². The van der Waals surface area contributed by atoms with Crippen LogP contribution in [0.15, 0.2) is 11.9 Å². The van der Waals surface area contributed by atoms with Gasteiger partial charge in [0.1, 0.15) is 11.3 Å². The summed E-state index contributed by atoms with van der Waals surface area (Å²) in [6.07, 6.45) is 3.51. The first-order valence-corrected chi connectivity index (χ1v) is 8.25. The van der Waals surface area contributed by atoms with Crippen molar-refractivity contribution in [3.8, 4) is 0 Å². The van der Waals surface area contributed by atoms with E-state index in [2.05, 4.69) is 0 Å². The van der Waals surface area contributed by atoms with Crippen LogP contribution < -0.4 is 0 Å². The summed E-state index contributed by atoms with van der Waals surface area (Å²) in [6, 6.07) is 0.118. The average Bonchev–Trinajstić information content (AvgIpc) is 3.05. The van der Waals surface area contributed by atoms with Crippen LogP contribution in [0.4, 0.5) is 4.79 Å². The molecule has 2 saturated heterocycles. The summed E-state index contributed by atoms with van der Waals surface area (Å²) in [5.41, 5.74) is 0.0808. The van der Waals surface area contributed by atoms with Crippen LogP contribution in [-0.2, 0) is 14.3 Å². The van der Waals surface area contributed by atoms with E-state index in [-0.39, 0.29) is 18.0 Å². The lowest BCUT2D eigenvalue weighted by Gasteiger charge is -2.37. The Morgan fingerprint density at radius 3 is 2.46 bits per heavy atom. The van der Waals surface area contributed by atoms with Crippen molar-refractivity contribution in [2.24, 2.45) is 0 Å². The number of piperidine rings is 1. The molecule has 0 N–H and O–H groups in total. The molecule has 0 aliphatic carbocycles. The minimum absolute atomic E-state index is 0.0323. The predicted octanol–water partition coefficient (Wildman–Crippen LogP) is 0.758. The minimum atomic E-state index is -0.499. The Kier molecular flexibility index (Phi) is 4.15. The topological polar surface area (TPSA) is 73.4 Å². The second-order valence-corrected chi connectivity index (χ2v) is 7.43. The highest BCUT2D eigenvalue weighted by atomic mass is 16.6. The summed E-state index contributed by atoms with van der Waals surface area (Å²) < 4.78 is 5.39. The van der Waals surface area contributed by atoms with Crippen molar-refractivity contribution in [3.63, 3.8) is 0 Å². The van der Waals surface area contributed by atoms with Crippen LogP contribution in [0.25, 0.3) is 0 Å². The molecule has 24 heavy (non-hydrogen) atoms. The Labute approximate surface area is 141 Å². The normalized spacial score (nSPS) is 22.0. The second kappa shape index (κ2) is 5.99. The number of hydrogen-bond acceptors (Lipinski definition) is 5. The van der Waals surface area contributed by atoms with Crippen LogP contribution in [0.1, 0.15) is 33.6 Å². The number of amides is 3. The summed E-state index contributed by atoms with van der Waals surface area (Å²) in [4.78, 5) is 42.3. The molecule has 0 unspecified atom stereocenters. The molecular formula is C16H24N4O4. The Morgan fingerprint density at radius 2 is 1.92 bits per heavy atom. The molecule has 0 atom stereocenters. The summed E-state index contributed by atoms with van der Waals surface area (Å²) in [5, 5.41) is 0. The third-order valence-electron chi connectivity index (χ3n) is 4.46. The molecule has 0 radical (unpaired) electrons. The van der Waals surface area contributed by atoms with Crippen molar-refractivity contribution in [1.82, 2.24) is 19.6 Å². The number of hydrogen-bond donors (Lipinski definition) is 0. The van der Waals surface area contributed by atoms with Gasteiger partial charge in [-0.2, -0.15) is 0 Å². The maximum Gasteiger partial charge on any atom is 0.410 e. The fourth-order valence-corrected chi connectivity index (χ4v) is 3.29. The van der Waals surface area contributed by atoms with Gasteiger partial charge in [0.05, 0.1) is 13.3 Å². The first kappa shape index (κ1) is 16.6. The van der Waals surface area contributed by atoms with Crippen molar-refractivity contribution in [3.05, 3.63) is 11.9 Å². The van der Waals surface area contributed by atoms with Gasteiger partial charge in [-0.3, -0.25) is 9.59 Å². The lowest BCUT2D eigenvalue weighted by molar-refractivity contribution is -0.127. The molecule has 0 aromatic carbocycles. The molecule has 0 aromatic heterocycles. The third kappa shape index (κ3) is 3.18. The van der Waals surface area contributed by atoms with E-state index in [1.54, 1.807) is 11.1 Å². The molecule has 0 saturated carbocycles. The van der Waals surface area contributed by atoms with Gasteiger partial charge in [-0.15, -0.1) is 0 Å². The van der Waals surface area contributed by atoms with Gasteiger partial charge in [-0.25, -0.2) is 4.79 Å². The number of likely N-dealkylation sites (tertiary alicyclic amines) is 1. The minimum Gasteiger partial charge on any atom is -0.444 e. The van der Waals surface area contributed by atoms with Gasteiger partial charge in [0, 0.05) is 25.3 Å². The van der Waals surface area contributed by atoms with Gasteiger partial charge in [-0.1, -0.05) is 0 Å². The fraction of sp³-hybridized carbons (Fsp3) is 0.688. The fourth-order valence-electron chi connectivity index (χ4n) is 3.29. The molecule has 3 aliphatic rings. The van der Waals surface area contributed by atoms with Gasteiger partial charge in [0.25, 0.3) is 5.91 Å². The van der Waals surface area contributed by atoms with Crippen LogP contribution in [0.2, 0.25) is 0 Å². The van der Waals surface area contributed by atoms with Gasteiger partial charge < -0.3 is 24.3 Å². The number of ether oxygens (including phenoxy) is 1. The van der Waals surface area contributed by atoms with E-state index in [0.29, 0.717) is 32.1 Å². The second-order valence-electron chi connectivity index (χ2n) is 7.43. The lowest BCUT2D eigenvalue weighted by atomic mass is 10.0. The summed E-state index contributed by atoms with van der Waals surface area (Å²) in [5.74, 6) is -0.0323. The Hall–Kier alpha value is -2.25. The smallest absolute Gasteiger partial charge is 0.410 e. The number of carbonyl (C=O) groups excluding carboxylic acids is 3. The van der Waals surface area contributed by atoms with Gasteiger partial charge in [0.2, 0.25) is 6.41 Å². The SMILES string of the molecule is CC(C)(C)OC(=O)N1CCC(N2CN3CN(C=O)C=C3C2=O)CC1. The van der Waals surface area contributed by atoms with Crippen LogP contribution in [0.5, 0.6) is 0 Å². The zero-order valence-corrected chi connectivity index (χ0v) is 14.4. The molecule has 2 fully saturated rings. The van der Waals surface area contributed by atoms with E-state index in [1.165, 1.54) is 4.90 Å². The van der Waals surface area contributed by atoms with Crippen LogP contribution in [0, 0.1) is 0 Å². The lowest BCUT2D eigenvalue weighted by Crippen LogP contribution is -2.49. The highest BCUT2D eigenvalue weighted by molar-refractivity contribution is 5.95. The first-order valence-electron chi connectivity index (χ1n) is 8.25. The van der Waals surface area contributed by atoms with E-state index in [4.69, 9.17) is 4.74 Å². The van der Waals surface area contributed by atoms with Crippen molar-refractivity contribution in [2.45, 2.75) is 45.3 Å². The monoisotopic (exact) mass is 336 g/mol. The summed E-state index contributed by atoms with van der Waals surface area (Å²) >= 11 is 0. The molecule has 3 rings (SSSR count). The van der Waals surface area contributed by atoms with Gasteiger partial charge >= 0.3 is 6.09 Å². The molecule has 3 heterocycles.